The molecule has 0 saturated heterocycles. The van der Waals surface area contributed by atoms with Crippen molar-refractivity contribution in [2.75, 3.05) is 0 Å². The van der Waals surface area contributed by atoms with Crippen LogP contribution < -0.4 is 0 Å². The predicted octanol–water partition coefficient (Wildman–Crippen LogP) is 3.67. The predicted molar refractivity (Wildman–Crippen MR) is 77.6 cm³/mol. The number of esters is 1. The molecule has 2 aromatic carbocycles. The Kier molecular flexibility index (Phi) is 5.10. The maximum Gasteiger partial charge on any atom is 0.516 e. The second kappa shape index (κ2) is 7.24. The van der Waals surface area contributed by atoms with Gasteiger partial charge in [0.2, 0.25) is 0 Å². The average molecular weight is 284 g/mol. The number of hydrogen-bond donors (Lipinski definition) is 0. The van der Waals surface area contributed by atoms with E-state index in [2.05, 4.69) is 4.74 Å². The van der Waals surface area contributed by atoms with E-state index in [0.717, 1.165) is 11.1 Å². The van der Waals surface area contributed by atoms with Crippen molar-refractivity contribution in [2.24, 2.45) is 0 Å². The molecule has 4 nitrogen and oxygen atoms in total. The van der Waals surface area contributed by atoms with Crippen molar-refractivity contribution in [1.82, 2.24) is 0 Å². The van der Waals surface area contributed by atoms with Gasteiger partial charge in [-0.2, -0.15) is 0 Å². The molecule has 0 aromatic heterocycles. The van der Waals surface area contributed by atoms with E-state index in [1.54, 1.807) is 19.1 Å². The van der Waals surface area contributed by atoms with Gasteiger partial charge in [0.1, 0.15) is 6.61 Å². The standard InChI is InChI=1S/C17H16O4/c1-13(15-10-6-3-7-11-15)16(18)21-17(19)20-12-14-8-4-2-5-9-14/h2-11,13H,12H2,1H3. The third kappa shape index (κ3) is 4.45. The molecule has 0 aliphatic heterocycles. The van der Waals surface area contributed by atoms with Gasteiger partial charge < -0.3 is 9.47 Å². The van der Waals surface area contributed by atoms with Gasteiger partial charge >= 0.3 is 12.1 Å². The van der Waals surface area contributed by atoms with Gasteiger partial charge in [-0.05, 0) is 18.1 Å². The fourth-order valence-corrected chi connectivity index (χ4v) is 1.79. The Bertz CT molecular complexity index is 593. The molecule has 1 atom stereocenters. The van der Waals surface area contributed by atoms with Crippen molar-refractivity contribution in [3.05, 3.63) is 71.8 Å². The van der Waals surface area contributed by atoms with Crippen LogP contribution in [0.1, 0.15) is 24.0 Å². The second-order valence-electron chi connectivity index (χ2n) is 4.58. The molecule has 0 N–H and O–H groups in total. The largest absolute Gasteiger partial charge is 0.516 e. The van der Waals surface area contributed by atoms with E-state index >= 15 is 0 Å². The van der Waals surface area contributed by atoms with Crippen LogP contribution in [-0.4, -0.2) is 12.1 Å². The molecule has 0 radical (unpaired) electrons. The SMILES string of the molecule is CC(C(=O)OC(=O)OCc1ccccc1)c1ccccc1. The maximum atomic E-state index is 11.8. The summed E-state index contributed by atoms with van der Waals surface area (Å²) in [4.78, 5) is 23.3. The van der Waals surface area contributed by atoms with Crippen LogP contribution in [0.2, 0.25) is 0 Å². The molecule has 0 fully saturated rings. The van der Waals surface area contributed by atoms with Gasteiger partial charge in [-0.3, -0.25) is 4.79 Å². The Hall–Kier alpha value is -2.62. The lowest BCUT2D eigenvalue weighted by molar-refractivity contribution is -0.141. The summed E-state index contributed by atoms with van der Waals surface area (Å²) in [6.07, 6.45) is -0.980. The first-order valence-corrected chi connectivity index (χ1v) is 6.64. The van der Waals surface area contributed by atoms with Crippen molar-refractivity contribution in [2.45, 2.75) is 19.4 Å². The Labute approximate surface area is 123 Å². The normalized spacial score (nSPS) is 11.5. The highest BCUT2D eigenvalue weighted by atomic mass is 16.7. The van der Waals surface area contributed by atoms with Crippen LogP contribution in [-0.2, 0) is 20.9 Å². The third-order valence-corrected chi connectivity index (χ3v) is 3.04. The van der Waals surface area contributed by atoms with Gasteiger partial charge in [0.15, 0.2) is 0 Å². The van der Waals surface area contributed by atoms with Gasteiger partial charge in [0.05, 0.1) is 5.92 Å². The zero-order valence-electron chi connectivity index (χ0n) is 11.7. The van der Waals surface area contributed by atoms with Crippen molar-refractivity contribution in [3.63, 3.8) is 0 Å². The fraction of sp³-hybridized carbons (Fsp3) is 0.176. The molecule has 0 saturated carbocycles. The van der Waals surface area contributed by atoms with Crippen LogP contribution in [0.25, 0.3) is 0 Å². The lowest BCUT2D eigenvalue weighted by Gasteiger charge is -2.10. The molecule has 21 heavy (non-hydrogen) atoms. The van der Waals surface area contributed by atoms with Crippen LogP contribution in [0, 0.1) is 0 Å². The van der Waals surface area contributed by atoms with Crippen LogP contribution >= 0.6 is 0 Å². The monoisotopic (exact) mass is 284 g/mol. The van der Waals surface area contributed by atoms with Crippen LogP contribution in [0.5, 0.6) is 0 Å². The molecule has 0 heterocycles. The molecule has 0 bridgehead atoms. The lowest BCUT2D eigenvalue weighted by Crippen LogP contribution is -2.18. The summed E-state index contributed by atoms with van der Waals surface area (Å²) in [7, 11) is 0. The van der Waals surface area contributed by atoms with E-state index in [1.807, 2.05) is 48.5 Å². The lowest BCUT2D eigenvalue weighted by atomic mass is 10.0. The maximum absolute atomic E-state index is 11.8. The van der Waals surface area contributed by atoms with E-state index in [9.17, 15) is 9.59 Å². The smallest absolute Gasteiger partial charge is 0.429 e. The quantitative estimate of drug-likeness (QED) is 0.635. The highest BCUT2D eigenvalue weighted by molar-refractivity contribution is 5.86. The summed E-state index contributed by atoms with van der Waals surface area (Å²) in [5, 5.41) is 0. The molecule has 2 aromatic rings. The topological polar surface area (TPSA) is 52.6 Å². The molecule has 0 amide bonds. The molecule has 1 unspecified atom stereocenters. The van der Waals surface area contributed by atoms with Gasteiger partial charge in [-0.15, -0.1) is 0 Å². The summed E-state index contributed by atoms with van der Waals surface area (Å²) < 4.78 is 9.59. The first-order chi connectivity index (χ1) is 10.2. The van der Waals surface area contributed by atoms with Crippen molar-refractivity contribution in [1.29, 1.82) is 0 Å². The molecular weight excluding hydrogens is 268 g/mol. The summed E-state index contributed by atoms with van der Waals surface area (Å²) in [6, 6.07) is 18.3. The van der Waals surface area contributed by atoms with Crippen LogP contribution in [0.15, 0.2) is 60.7 Å². The first-order valence-electron chi connectivity index (χ1n) is 6.64. The number of carbonyl (C=O) groups is 2. The summed E-state index contributed by atoms with van der Waals surface area (Å²) in [6.45, 7) is 1.76. The van der Waals surface area contributed by atoms with Crippen LogP contribution in [0.4, 0.5) is 4.79 Å². The van der Waals surface area contributed by atoms with Gasteiger partial charge in [0.25, 0.3) is 0 Å². The zero-order chi connectivity index (χ0) is 15.1. The molecule has 0 aliphatic rings. The summed E-state index contributed by atoms with van der Waals surface area (Å²) in [5.74, 6) is -1.14. The Morgan fingerprint density at radius 2 is 1.52 bits per heavy atom. The average Bonchev–Trinajstić information content (AvgIpc) is 2.54. The van der Waals surface area contributed by atoms with E-state index in [4.69, 9.17) is 4.74 Å². The number of carbonyl (C=O) groups excluding carboxylic acids is 2. The zero-order valence-corrected chi connectivity index (χ0v) is 11.7. The van der Waals surface area contributed by atoms with E-state index in [0.29, 0.717) is 0 Å². The molecular formula is C17H16O4. The minimum absolute atomic E-state index is 0.0761. The molecule has 108 valence electrons. The van der Waals surface area contributed by atoms with E-state index < -0.39 is 18.0 Å². The highest BCUT2D eigenvalue weighted by Crippen LogP contribution is 2.16. The summed E-state index contributed by atoms with van der Waals surface area (Å²) >= 11 is 0. The van der Waals surface area contributed by atoms with Crippen molar-refractivity contribution in [3.8, 4) is 0 Å². The highest BCUT2D eigenvalue weighted by Gasteiger charge is 2.20. The molecule has 0 spiro atoms. The van der Waals surface area contributed by atoms with Crippen molar-refractivity contribution >= 4 is 12.1 Å². The number of ether oxygens (including phenoxy) is 2. The summed E-state index contributed by atoms with van der Waals surface area (Å²) in [5.41, 5.74) is 1.62. The Morgan fingerprint density at radius 1 is 0.952 bits per heavy atom. The van der Waals surface area contributed by atoms with E-state index in [-0.39, 0.29) is 6.61 Å². The van der Waals surface area contributed by atoms with Gasteiger partial charge in [-0.25, -0.2) is 4.79 Å². The van der Waals surface area contributed by atoms with Gasteiger partial charge in [-0.1, -0.05) is 60.7 Å². The van der Waals surface area contributed by atoms with Crippen molar-refractivity contribution < 1.29 is 19.1 Å². The Balaban J connectivity index is 1.83. The molecule has 0 aliphatic carbocycles. The number of rotatable bonds is 4. The van der Waals surface area contributed by atoms with Gasteiger partial charge in [0, 0.05) is 0 Å². The fourth-order valence-electron chi connectivity index (χ4n) is 1.79. The minimum Gasteiger partial charge on any atom is -0.429 e. The number of benzene rings is 2. The number of hydrogen-bond acceptors (Lipinski definition) is 4. The Morgan fingerprint density at radius 3 is 2.14 bits per heavy atom. The van der Waals surface area contributed by atoms with Crippen LogP contribution in [0.3, 0.4) is 0 Å². The first kappa shape index (κ1) is 14.8. The minimum atomic E-state index is -0.980. The second-order valence-corrected chi connectivity index (χ2v) is 4.58. The molecule has 4 heteroatoms. The van der Waals surface area contributed by atoms with E-state index in [1.165, 1.54) is 0 Å². The third-order valence-electron chi connectivity index (χ3n) is 3.04. The molecule has 2 rings (SSSR count).